The molecule has 3 aromatic carbocycles. The third-order valence-corrected chi connectivity index (χ3v) is 4.65. The average molecular weight is 390 g/mol. The Bertz CT molecular complexity index is 1020. The van der Waals surface area contributed by atoms with Crippen LogP contribution in [0.15, 0.2) is 66.7 Å². The first-order valence-electron chi connectivity index (χ1n) is 9.25. The third kappa shape index (κ3) is 4.96. The second-order valence-electron chi connectivity index (χ2n) is 6.72. The normalized spacial score (nSPS) is 11.0. The molecule has 5 heteroatoms. The Morgan fingerprint density at radius 3 is 2.24 bits per heavy atom. The van der Waals surface area contributed by atoms with Crippen molar-refractivity contribution in [3.63, 3.8) is 0 Å². The van der Waals surface area contributed by atoms with Crippen LogP contribution in [0.5, 0.6) is 23.0 Å². The first-order valence-corrected chi connectivity index (χ1v) is 9.25. The smallest absolute Gasteiger partial charge is 0.170 e. The lowest BCUT2D eigenvalue weighted by molar-refractivity contribution is 0.0977. The molecule has 0 saturated heterocycles. The van der Waals surface area contributed by atoms with Crippen molar-refractivity contribution in [1.29, 1.82) is 0 Å². The summed E-state index contributed by atoms with van der Waals surface area (Å²) in [7, 11) is 0. The zero-order valence-corrected chi connectivity index (χ0v) is 15.7. The molecule has 3 rings (SSSR count). The largest absolute Gasteiger partial charge is 0.508 e. The van der Waals surface area contributed by atoms with Crippen LogP contribution in [0.4, 0.5) is 0 Å². The Labute approximate surface area is 168 Å². The molecule has 3 aromatic rings. The van der Waals surface area contributed by atoms with E-state index in [0.717, 1.165) is 17.2 Å². The Kier molecular flexibility index (Phi) is 6.19. The molecular formula is C24H22O5. The van der Waals surface area contributed by atoms with Crippen LogP contribution in [0.2, 0.25) is 0 Å². The summed E-state index contributed by atoms with van der Waals surface area (Å²) < 4.78 is 0. The summed E-state index contributed by atoms with van der Waals surface area (Å²) in [5, 5.41) is 40.1. The van der Waals surface area contributed by atoms with E-state index in [9.17, 15) is 25.2 Å². The molecule has 0 heterocycles. The number of Topliss-reactive ketones (excluding diaryl/α,β-unsaturated/α-hetero) is 1. The van der Waals surface area contributed by atoms with Gasteiger partial charge in [-0.3, -0.25) is 4.79 Å². The highest BCUT2D eigenvalue weighted by molar-refractivity contribution is 6.02. The molecule has 29 heavy (non-hydrogen) atoms. The van der Waals surface area contributed by atoms with Crippen LogP contribution in [0, 0.1) is 0 Å². The Hall–Kier alpha value is -3.73. The molecular weight excluding hydrogens is 368 g/mol. The molecule has 0 aliphatic carbocycles. The van der Waals surface area contributed by atoms with Crippen molar-refractivity contribution in [2.45, 2.75) is 19.3 Å². The highest BCUT2D eigenvalue weighted by atomic mass is 16.3. The van der Waals surface area contributed by atoms with E-state index in [1.807, 2.05) is 30.3 Å². The van der Waals surface area contributed by atoms with Gasteiger partial charge in [-0.25, -0.2) is 0 Å². The predicted molar refractivity (Wildman–Crippen MR) is 111 cm³/mol. The van der Waals surface area contributed by atoms with Crippen molar-refractivity contribution in [2.24, 2.45) is 0 Å². The van der Waals surface area contributed by atoms with Crippen molar-refractivity contribution in [3.8, 4) is 23.0 Å². The summed E-state index contributed by atoms with van der Waals surface area (Å²) in [6.45, 7) is 0. The molecule has 4 N–H and O–H groups in total. The monoisotopic (exact) mass is 390 g/mol. The van der Waals surface area contributed by atoms with Gasteiger partial charge < -0.3 is 20.4 Å². The number of ketones is 1. The number of carbonyl (C=O) groups is 1. The number of hydrogen-bond acceptors (Lipinski definition) is 5. The standard InChI is InChI=1S/C24H22O5/c25-18-12-9-17(10-13-18)7-4-8-19-21(27)15-22(28)23(24(19)29)20(26)14-11-16-5-2-1-3-6-16/h1-7,9-10,12-13,15,25,27-29H,8,11,14H2. The second kappa shape index (κ2) is 8.97. The fourth-order valence-electron chi connectivity index (χ4n) is 3.08. The number of phenolic OH excluding ortho intramolecular Hbond substituents is 4. The molecule has 0 aromatic heterocycles. The maximum absolute atomic E-state index is 12.6. The fourth-order valence-corrected chi connectivity index (χ4v) is 3.08. The van der Waals surface area contributed by atoms with E-state index in [-0.39, 0.29) is 35.5 Å². The summed E-state index contributed by atoms with van der Waals surface area (Å²) >= 11 is 0. The Morgan fingerprint density at radius 2 is 1.55 bits per heavy atom. The lowest BCUT2D eigenvalue weighted by atomic mass is 9.97. The number of aromatic hydroxyl groups is 4. The van der Waals surface area contributed by atoms with E-state index in [1.54, 1.807) is 36.4 Å². The number of rotatable bonds is 7. The van der Waals surface area contributed by atoms with Crippen molar-refractivity contribution in [2.75, 3.05) is 0 Å². The summed E-state index contributed by atoms with van der Waals surface area (Å²) in [6.07, 6.45) is 4.25. The molecule has 0 saturated carbocycles. The quantitative estimate of drug-likeness (QED) is 0.443. The maximum atomic E-state index is 12.6. The van der Waals surface area contributed by atoms with E-state index >= 15 is 0 Å². The summed E-state index contributed by atoms with van der Waals surface area (Å²) in [5.74, 6) is -1.36. The molecule has 0 amide bonds. The third-order valence-electron chi connectivity index (χ3n) is 4.65. The molecule has 0 aliphatic heterocycles. The highest BCUT2D eigenvalue weighted by Gasteiger charge is 2.22. The van der Waals surface area contributed by atoms with E-state index < -0.39 is 17.3 Å². The number of allylic oxidation sites excluding steroid dienone is 1. The molecule has 148 valence electrons. The van der Waals surface area contributed by atoms with Crippen molar-refractivity contribution in [1.82, 2.24) is 0 Å². The number of hydrogen-bond donors (Lipinski definition) is 4. The van der Waals surface area contributed by atoms with Crippen LogP contribution in [-0.4, -0.2) is 26.2 Å². The van der Waals surface area contributed by atoms with Gasteiger partial charge in [0, 0.05) is 18.1 Å². The van der Waals surface area contributed by atoms with Gasteiger partial charge in [-0.1, -0.05) is 54.6 Å². The SMILES string of the molecule is O=C(CCc1ccccc1)c1c(O)cc(O)c(CC=Cc2ccc(O)cc2)c1O. The Morgan fingerprint density at radius 1 is 0.862 bits per heavy atom. The van der Waals surface area contributed by atoms with Gasteiger partial charge in [0.25, 0.3) is 0 Å². The first kappa shape index (κ1) is 20.0. The topological polar surface area (TPSA) is 98.0 Å². The average Bonchev–Trinajstić information content (AvgIpc) is 2.71. The first-order chi connectivity index (χ1) is 14.0. The molecule has 5 nitrogen and oxygen atoms in total. The van der Waals surface area contributed by atoms with E-state index in [4.69, 9.17) is 0 Å². The zero-order valence-electron chi connectivity index (χ0n) is 15.7. The van der Waals surface area contributed by atoms with E-state index in [1.165, 1.54) is 0 Å². The van der Waals surface area contributed by atoms with Crippen LogP contribution in [-0.2, 0) is 12.8 Å². The van der Waals surface area contributed by atoms with Gasteiger partial charge in [-0.15, -0.1) is 0 Å². The molecule has 0 atom stereocenters. The lowest BCUT2D eigenvalue weighted by Crippen LogP contribution is -2.04. The minimum absolute atomic E-state index is 0.124. The number of phenols is 4. The van der Waals surface area contributed by atoms with Crippen molar-refractivity contribution < 1.29 is 25.2 Å². The van der Waals surface area contributed by atoms with Gasteiger partial charge in [0.05, 0.1) is 0 Å². The highest BCUT2D eigenvalue weighted by Crippen LogP contribution is 2.38. The summed E-state index contributed by atoms with van der Waals surface area (Å²) in [4.78, 5) is 12.6. The second-order valence-corrected chi connectivity index (χ2v) is 6.72. The lowest BCUT2D eigenvalue weighted by Gasteiger charge is -2.12. The zero-order chi connectivity index (χ0) is 20.8. The maximum Gasteiger partial charge on any atom is 0.170 e. The summed E-state index contributed by atoms with van der Waals surface area (Å²) in [6, 6.07) is 17.1. The van der Waals surface area contributed by atoms with Crippen molar-refractivity contribution >= 4 is 11.9 Å². The van der Waals surface area contributed by atoms with Crippen LogP contribution in [0.25, 0.3) is 6.08 Å². The molecule has 0 unspecified atom stereocenters. The van der Waals surface area contributed by atoms with Crippen LogP contribution >= 0.6 is 0 Å². The minimum atomic E-state index is -0.440. The van der Waals surface area contributed by atoms with Gasteiger partial charge in [0.1, 0.15) is 28.6 Å². The van der Waals surface area contributed by atoms with Crippen LogP contribution in [0.1, 0.15) is 33.5 Å². The summed E-state index contributed by atoms with van der Waals surface area (Å²) in [5.41, 5.74) is 1.81. The number of aryl methyl sites for hydroxylation is 1. The van der Waals surface area contributed by atoms with Gasteiger partial charge in [-0.05, 0) is 36.1 Å². The molecule has 0 spiro atoms. The van der Waals surface area contributed by atoms with Gasteiger partial charge >= 0.3 is 0 Å². The fraction of sp³-hybridized carbons (Fsp3) is 0.125. The van der Waals surface area contributed by atoms with E-state index in [2.05, 4.69) is 0 Å². The predicted octanol–water partition coefficient (Wildman–Crippen LogP) is 4.58. The van der Waals surface area contributed by atoms with Gasteiger partial charge in [-0.2, -0.15) is 0 Å². The van der Waals surface area contributed by atoms with Crippen molar-refractivity contribution in [3.05, 3.63) is 89.0 Å². The van der Waals surface area contributed by atoms with E-state index in [0.29, 0.717) is 6.42 Å². The number of carbonyl (C=O) groups excluding carboxylic acids is 1. The minimum Gasteiger partial charge on any atom is -0.508 e. The molecule has 0 radical (unpaired) electrons. The van der Waals surface area contributed by atoms with Gasteiger partial charge in [0.15, 0.2) is 5.78 Å². The number of benzene rings is 3. The van der Waals surface area contributed by atoms with Crippen LogP contribution < -0.4 is 0 Å². The van der Waals surface area contributed by atoms with Gasteiger partial charge in [0.2, 0.25) is 0 Å². The molecule has 0 bridgehead atoms. The molecule has 0 fully saturated rings. The molecule has 0 aliphatic rings. The van der Waals surface area contributed by atoms with Crippen LogP contribution in [0.3, 0.4) is 0 Å². The Balaban J connectivity index is 1.78.